The van der Waals surface area contributed by atoms with Crippen LogP contribution in [0.15, 0.2) is 67.0 Å². The highest BCUT2D eigenvalue weighted by atomic mass is 16.5. The van der Waals surface area contributed by atoms with Crippen molar-refractivity contribution in [2.24, 2.45) is 16.9 Å². The number of ether oxygens (including phenoxy) is 2. The Morgan fingerprint density at radius 3 is 2.39 bits per heavy atom. The molecule has 11 nitrogen and oxygen atoms in total. The molecule has 2 fully saturated rings. The fourth-order valence-corrected chi connectivity index (χ4v) is 6.23. The second-order valence-corrected chi connectivity index (χ2v) is 12.6. The van der Waals surface area contributed by atoms with Crippen molar-refractivity contribution < 1.29 is 29.0 Å². The molecule has 2 aliphatic carbocycles. The van der Waals surface area contributed by atoms with Gasteiger partial charge in [0, 0.05) is 17.2 Å². The first-order valence-electron chi connectivity index (χ1n) is 14.5. The van der Waals surface area contributed by atoms with E-state index in [9.17, 15) is 19.5 Å². The van der Waals surface area contributed by atoms with Gasteiger partial charge in [-0.15, -0.1) is 0 Å². The average molecular weight is 598 g/mol. The van der Waals surface area contributed by atoms with Crippen LogP contribution in [0.2, 0.25) is 0 Å². The largest absolute Gasteiger partial charge is 0.489 e. The molecule has 2 aromatic heterocycles. The summed E-state index contributed by atoms with van der Waals surface area (Å²) in [5.74, 6) is -0.307. The lowest BCUT2D eigenvalue weighted by Gasteiger charge is -2.57. The van der Waals surface area contributed by atoms with E-state index in [1.54, 1.807) is 79.3 Å². The first kappa shape index (κ1) is 29.2. The summed E-state index contributed by atoms with van der Waals surface area (Å²) in [6.07, 6.45) is 6.41. The highest BCUT2D eigenvalue weighted by molar-refractivity contribution is 6.01. The molecule has 0 radical (unpaired) electrons. The number of hydrogen-bond acceptors (Lipinski definition) is 7. The van der Waals surface area contributed by atoms with Crippen LogP contribution in [0.25, 0.3) is 16.6 Å². The standard InChI is InChI=1S/C33H35N5O6/c1-32(2,42)18-43-22-10-11-27-26(16-36-38(27)17-22)31(41)37-21-12-33(13-21)14-23(15-33)44-28-24(4-3-5-25(28)30(35)40)19-6-8-20(9-7-19)29(34)39/h3-11,16-17,21,23,42H,12-15,18H2,1-2H3,(H2,34,39)(H2,35,40)(H,37,41). The highest BCUT2D eigenvalue weighted by Crippen LogP contribution is 2.57. The zero-order valence-electron chi connectivity index (χ0n) is 24.6. The van der Waals surface area contributed by atoms with Gasteiger partial charge in [0.2, 0.25) is 5.91 Å². The minimum absolute atomic E-state index is 0.0463. The molecule has 2 aliphatic rings. The van der Waals surface area contributed by atoms with Crippen molar-refractivity contribution in [1.29, 1.82) is 0 Å². The third-order valence-corrected chi connectivity index (χ3v) is 8.39. The Kier molecular flexibility index (Phi) is 7.28. The number of nitrogens with two attached hydrogens (primary N) is 2. The second kappa shape index (κ2) is 11.0. The molecule has 0 atom stereocenters. The van der Waals surface area contributed by atoms with E-state index in [2.05, 4.69) is 10.4 Å². The van der Waals surface area contributed by atoms with Crippen LogP contribution in [0.3, 0.4) is 0 Å². The number of primary amides is 2. The fourth-order valence-electron chi connectivity index (χ4n) is 6.23. The van der Waals surface area contributed by atoms with Crippen molar-refractivity contribution >= 4 is 23.2 Å². The summed E-state index contributed by atoms with van der Waals surface area (Å²) in [5.41, 5.74) is 13.5. The van der Waals surface area contributed by atoms with E-state index >= 15 is 0 Å². The molecular formula is C33H35N5O6. The molecule has 2 heterocycles. The summed E-state index contributed by atoms with van der Waals surface area (Å²) < 4.78 is 13.6. The molecule has 1 spiro atoms. The number of nitrogens with zero attached hydrogens (tertiary/aromatic N) is 2. The van der Waals surface area contributed by atoms with Gasteiger partial charge < -0.3 is 31.4 Å². The fraction of sp³-hybridized carbons (Fsp3) is 0.333. The first-order valence-corrected chi connectivity index (χ1v) is 14.5. The van der Waals surface area contributed by atoms with Gasteiger partial charge in [0.15, 0.2) is 0 Å². The van der Waals surface area contributed by atoms with Gasteiger partial charge in [0.05, 0.1) is 40.7 Å². The molecular weight excluding hydrogens is 562 g/mol. The summed E-state index contributed by atoms with van der Waals surface area (Å²) in [6.45, 7) is 3.46. The lowest BCUT2D eigenvalue weighted by molar-refractivity contribution is -0.0832. The Labute approximate surface area is 254 Å². The van der Waals surface area contributed by atoms with Crippen LogP contribution >= 0.6 is 0 Å². The summed E-state index contributed by atoms with van der Waals surface area (Å²) in [5, 5.41) is 17.3. The average Bonchev–Trinajstić information content (AvgIpc) is 3.37. The smallest absolute Gasteiger partial charge is 0.255 e. The molecule has 0 aliphatic heterocycles. The van der Waals surface area contributed by atoms with Crippen LogP contribution in [-0.2, 0) is 0 Å². The number of carbonyl (C=O) groups is 3. The predicted octanol–water partition coefficient (Wildman–Crippen LogP) is 3.47. The van der Waals surface area contributed by atoms with Gasteiger partial charge >= 0.3 is 0 Å². The molecule has 44 heavy (non-hydrogen) atoms. The number of carbonyl (C=O) groups excluding carboxylic acids is 3. The highest BCUT2D eigenvalue weighted by Gasteiger charge is 2.54. The first-order chi connectivity index (χ1) is 20.9. The van der Waals surface area contributed by atoms with Crippen LogP contribution in [0, 0.1) is 5.41 Å². The maximum absolute atomic E-state index is 13.1. The van der Waals surface area contributed by atoms with Crippen LogP contribution in [-0.4, -0.2) is 56.8 Å². The van der Waals surface area contributed by atoms with E-state index in [4.69, 9.17) is 20.9 Å². The summed E-state index contributed by atoms with van der Waals surface area (Å²) >= 11 is 0. The van der Waals surface area contributed by atoms with Gasteiger partial charge in [-0.25, -0.2) is 4.52 Å². The van der Waals surface area contributed by atoms with Crippen LogP contribution in [0.4, 0.5) is 0 Å². The molecule has 11 heteroatoms. The normalized spacial score (nSPS) is 20.9. The predicted molar refractivity (Wildman–Crippen MR) is 162 cm³/mol. The lowest BCUT2D eigenvalue weighted by atomic mass is 9.53. The monoisotopic (exact) mass is 597 g/mol. The number of para-hydroxylation sites is 1. The zero-order valence-corrected chi connectivity index (χ0v) is 24.6. The number of nitrogens with one attached hydrogen (secondary N) is 1. The van der Waals surface area contributed by atoms with Crippen molar-refractivity contribution in [3.05, 3.63) is 83.7 Å². The van der Waals surface area contributed by atoms with Gasteiger partial charge in [-0.1, -0.05) is 24.3 Å². The molecule has 0 bridgehead atoms. The minimum atomic E-state index is -0.963. The van der Waals surface area contributed by atoms with Gasteiger partial charge in [-0.3, -0.25) is 14.4 Å². The third-order valence-electron chi connectivity index (χ3n) is 8.39. The number of hydrogen-bond donors (Lipinski definition) is 4. The number of benzene rings is 2. The summed E-state index contributed by atoms with van der Waals surface area (Å²) in [7, 11) is 0. The van der Waals surface area contributed by atoms with E-state index in [1.165, 1.54) is 0 Å². The van der Waals surface area contributed by atoms with E-state index < -0.39 is 17.4 Å². The van der Waals surface area contributed by atoms with Gasteiger partial charge in [0.25, 0.3) is 11.8 Å². The maximum Gasteiger partial charge on any atom is 0.255 e. The Bertz CT molecular complexity index is 1740. The van der Waals surface area contributed by atoms with Crippen molar-refractivity contribution in [2.45, 2.75) is 57.3 Å². The van der Waals surface area contributed by atoms with Crippen molar-refractivity contribution in [3.63, 3.8) is 0 Å². The Hall–Kier alpha value is -4.90. The van der Waals surface area contributed by atoms with Crippen LogP contribution < -0.4 is 26.3 Å². The third kappa shape index (κ3) is 5.83. The minimum Gasteiger partial charge on any atom is -0.489 e. The number of amides is 3. The Morgan fingerprint density at radius 2 is 1.73 bits per heavy atom. The molecule has 3 amide bonds. The van der Waals surface area contributed by atoms with Crippen molar-refractivity contribution in [1.82, 2.24) is 14.9 Å². The van der Waals surface area contributed by atoms with E-state index in [-0.39, 0.29) is 30.1 Å². The number of aliphatic hydroxyl groups is 1. The second-order valence-electron chi connectivity index (χ2n) is 12.6. The lowest BCUT2D eigenvalue weighted by Crippen LogP contribution is -2.58. The van der Waals surface area contributed by atoms with E-state index in [1.807, 2.05) is 6.07 Å². The molecule has 0 saturated heterocycles. The van der Waals surface area contributed by atoms with Gasteiger partial charge in [-0.2, -0.15) is 5.10 Å². The molecule has 2 saturated carbocycles. The Morgan fingerprint density at radius 1 is 1.00 bits per heavy atom. The van der Waals surface area contributed by atoms with Gasteiger partial charge in [0.1, 0.15) is 18.1 Å². The Balaban J connectivity index is 1.06. The number of pyridine rings is 1. The molecule has 6 N–H and O–H groups in total. The number of aromatic nitrogens is 2. The SMILES string of the molecule is CC(C)(O)COc1ccc2c(C(=O)NC3CC4(C3)CC(Oc3c(C(N)=O)cccc3-c3ccc(C(N)=O)cc3)C4)cnn2c1. The van der Waals surface area contributed by atoms with Crippen LogP contribution in [0.1, 0.15) is 70.6 Å². The maximum atomic E-state index is 13.1. The molecule has 228 valence electrons. The molecule has 6 rings (SSSR count). The molecule has 2 aromatic carbocycles. The molecule has 0 unspecified atom stereocenters. The summed E-state index contributed by atoms with van der Waals surface area (Å²) in [6, 6.07) is 15.6. The van der Waals surface area contributed by atoms with Crippen LogP contribution in [0.5, 0.6) is 11.5 Å². The zero-order chi connectivity index (χ0) is 31.2. The van der Waals surface area contributed by atoms with E-state index in [0.29, 0.717) is 39.3 Å². The topological polar surface area (TPSA) is 171 Å². The quantitative estimate of drug-likeness (QED) is 0.217. The van der Waals surface area contributed by atoms with Crippen molar-refractivity contribution in [3.8, 4) is 22.6 Å². The number of fused-ring (bicyclic) bond motifs is 1. The number of rotatable bonds is 10. The van der Waals surface area contributed by atoms with Gasteiger partial charge in [-0.05, 0) is 80.8 Å². The van der Waals surface area contributed by atoms with Crippen molar-refractivity contribution in [2.75, 3.05) is 6.61 Å². The molecule has 4 aromatic rings. The van der Waals surface area contributed by atoms with E-state index in [0.717, 1.165) is 31.2 Å². The summed E-state index contributed by atoms with van der Waals surface area (Å²) in [4.78, 5) is 36.8.